The molecule has 2 aromatic heterocycles. The fourth-order valence-electron chi connectivity index (χ4n) is 3.00. The molecule has 0 aromatic carbocycles. The highest BCUT2D eigenvalue weighted by Gasteiger charge is 2.38. The number of carbonyl (C=O) groups is 1. The number of β-amino-alcohol motifs (C(OH)–C–C–N with tert-alkyl or cyclic N) is 1. The lowest BCUT2D eigenvalue weighted by Crippen LogP contribution is -2.43. The van der Waals surface area contributed by atoms with Crippen LogP contribution in [0.15, 0.2) is 9.80 Å². The second kappa shape index (κ2) is 6.96. The number of likely N-dealkylation sites (N-methyl/N-ethyl adjacent to an activating group) is 1. The smallest absolute Gasteiger partial charge is 0.256 e. The summed E-state index contributed by atoms with van der Waals surface area (Å²) in [5.74, 6) is 0.960. The number of carbonyl (C=O) groups excluding carboxylic acids is 1. The third-order valence-corrected chi connectivity index (χ3v) is 5.03. The molecule has 3 heterocycles. The Bertz CT molecular complexity index is 716. The van der Waals surface area contributed by atoms with Crippen molar-refractivity contribution in [1.29, 1.82) is 0 Å². The Balaban J connectivity index is 1.70. The van der Waals surface area contributed by atoms with Crippen LogP contribution in [0.4, 0.5) is 0 Å². The van der Waals surface area contributed by atoms with Crippen LogP contribution in [0.1, 0.15) is 34.8 Å². The number of likely N-dealkylation sites (tertiary alicyclic amines) is 1. The van der Waals surface area contributed by atoms with Gasteiger partial charge in [-0.15, -0.1) is 10.2 Å². The fraction of sp³-hybridized carbons (Fsp3) is 0.600. The van der Waals surface area contributed by atoms with Crippen molar-refractivity contribution in [1.82, 2.24) is 24.4 Å². The summed E-state index contributed by atoms with van der Waals surface area (Å²) in [7, 11) is 0. The Morgan fingerprint density at radius 2 is 2.25 bits per heavy atom. The Hall–Kier alpha value is -1.84. The third-order valence-electron chi connectivity index (χ3n) is 4.31. The van der Waals surface area contributed by atoms with E-state index in [1.54, 1.807) is 17.2 Å². The van der Waals surface area contributed by atoms with E-state index < -0.39 is 6.10 Å². The quantitative estimate of drug-likeness (QED) is 0.853. The van der Waals surface area contributed by atoms with E-state index in [9.17, 15) is 9.90 Å². The highest BCUT2D eigenvalue weighted by Crippen LogP contribution is 2.22. The number of aliphatic hydroxyl groups is 1. The second-order valence-corrected chi connectivity index (χ2v) is 6.57. The highest BCUT2D eigenvalue weighted by molar-refractivity contribution is 7.03. The first-order chi connectivity index (χ1) is 11.5. The average Bonchev–Trinajstić information content (AvgIpc) is 3.25. The molecule has 1 saturated heterocycles. The fourth-order valence-corrected chi connectivity index (χ4v) is 3.69. The third kappa shape index (κ3) is 3.33. The molecule has 0 saturated carbocycles. The number of amides is 1. The Morgan fingerprint density at radius 1 is 1.46 bits per heavy atom. The largest absolute Gasteiger partial charge is 0.424 e. The van der Waals surface area contributed by atoms with E-state index in [2.05, 4.69) is 19.5 Å². The van der Waals surface area contributed by atoms with Gasteiger partial charge >= 0.3 is 0 Å². The summed E-state index contributed by atoms with van der Waals surface area (Å²) in [6.45, 7) is 7.53. The van der Waals surface area contributed by atoms with Gasteiger partial charge in [-0.05, 0) is 25.0 Å². The predicted molar refractivity (Wildman–Crippen MR) is 87.7 cm³/mol. The van der Waals surface area contributed by atoms with Crippen LogP contribution >= 0.6 is 11.5 Å². The van der Waals surface area contributed by atoms with Gasteiger partial charge in [-0.3, -0.25) is 9.69 Å². The molecular weight excluding hydrogens is 330 g/mol. The van der Waals surface area contributed by atoms with Gasteiger partial charge in [0.25, 0.3) is 5.91 Å². The monoisotopic (exact) mass is 351 g/mol. The number of hydrogen-bond donors (Lipinski definition) is 1. The summed E-state index contributed by atoms with van der Waals surface area (Å²) < 4.78 is 9.58. The van der Waals surface area contributed by atoms with Crippen LogP contribution in [0.25, 0.3) is 0 Å². The highest BCUT2D eigenvalue weighted by atomic mass is 32.1. The molecule has 2 aromatic rings. The topological polar surface area (TPSA) is 95.6 Å². The maximum atomic E-state index is 12.6. The number of aliphatic hydroxyl groups excluding tert-OH is 1. The molecule has 9 heteroatoms. The molecule has 3 rings (SSSR count). The molecular formula is C15H21N5O3S. The summed E-state index contributed by atoms with van der Waals surface area (Å²) >= 11 is 1.27. The van der Waals surface area contributed by atoms with Gasteiger partial charge in [0.1, 0.15) is 0 Å². The summed E-state index contributed by atoms with van der Waals surface area (Å²) in [5, 5.41) is 20.0. The van der Waals surface area contributed by atoms with Gasteiger partial charge < -0.3 is 14.4 Å². The molecule has 24 heavy (non-hydrogen) atoms. The predicted octanol–water partition coefficient (Wildman–Crippen LogP) is 0.850. The molecule has 0 radical (unpaired) electrons. The van der Waals surface area contributed by atoms with Crippen molar-refractivity contribution >= 4 is 17.4 Å². The number of rotatable bonds is 5. The Morgan fingerprint density at radius 3 is 2.83 bits per heavy atom. The Kier molecular flexibility index (Phi) is 4.93. The molecule has 1 amide bonds. The number of nitrogens with zero attached hydrogens (tertiary/aromatic N) is 5. The molecule has 1 fully saturated rings. The van der Waals surface area contributed by atoms with E-state index in [0.29, 0.717) is 43.5 Å². The zero-order chi connectivity index (χ0) is 17.3. The number of hydrogen-bond acceptors (Lipinski definition) is 8. The van der Waals surface area contributed by atoms with E-state index in [4.69, 9.17) is 4.42 Å². The minimum absolute atomic E-state index is 0.0764. The first-order valence-electron chi connectivity index (χ1n) is 7.91. The van der Waals surface area contributed by atoms with Crippen molar-refractivity contribution in [3.63, 3.8) is 0 Å². The van der Waals surface area contributed by atoms with Crippen LogP contribution in [-0.4, -0.2) is 67.2 Å². The molecule has 0 bridgehead atoms. The van der Waals surface area contributed by atoms with Crippen LogP contribution in [0.3, 0.4) is 0 Å². The molecule has 1 aliphatic rings. The van der Waals surface area contributed by atoms with E-state index in [0.717, 1.165) is 5.69 Å². The molecule has 8 nitrogen and oxygen atoms in total. The van der Waals surface area contributed by atoms with E-state index in [-0.39, 0.29) is 11.9 Å². The van der Waals surface area contributed by atoms with Crippen molar-refractivity contribution in [2.75, 3.05) is 19.6 Å². The van der Waals surface area contributed by atoms with E-state index in [1.807, 2.05) is 13.8 Å². The molecule has 1 N–H and O–H groups in total. The van der Waals surface area contributed by atoms with Crippen molar-refractivity contribution in [2.45, 2.75) is 39.5 Å². The maximum Gasteiger partial charge on any atom is 0.256 e. The normalized spacial score (nSPS) is 21.0. The van der Waals surface area contributed by atoms with Gasteiger partial charge in [-0.2, -0.15) is 4.37 Å². The summed E-state index contributed by atoms with van der Waals surface area (Å²) in [6.07, 6.45) is -0.607. The van der Waals surface area contributed by atoms with E-state index >= 15 is 0 Å². The Labute approximate surface area is 144 Å². The summed E-state index contributed by atoms with van der Waals surface area (Å²) in [5.41, 5.74) is 1.35. The lowest BCUT2D eigenvalue weighted by atomic mass is 10.2. The lowest BCUT2D eigenvalue weighted by Gasteiger charge is -2.27. The summed E-state index contributed by atoms with van der Waals surface area (Å²) in [4.78, 5) is 16.4. The summed E-state index contributed by atoms with van der Waals surface area (Å²) in [6, 6.07) is -0.155. The van der Waals surface area contributed by atoms with Gasteiger partial charge in [0.15, 0.2) is 0 Å². The zero-order valence-corrected chi connectivity index (χ0v) is 14.8. The number of aromatic nitrogens is 3. The van der Waals surface area contributed by atoms with Crippen molar-refractivity contribution < 1.29 is 14.3 Å². The van der Waals surface area contributed by atoms with Gasteiger partial charge in [0, 0.05) is 25.4 Å². The van der Waals surface area contributed by atoms with Crippen LogP contribution in [0.2, 0.25) is 0 Å². The molecule has 2 atom stereocenters. The zero-order valence-electron chi connectivity index (χ0n) is 14.0. The van der Waals surface area contributed by atoms with Gasteiger partial charge in [-0.25, -0.2) is 0 Å². The maximum absolute atomic E-state index is 12.6. The van der Waals surface area contributed by atoms with Gasteiger partial charge in [0.2, 0.25) is 11.8 Å². The molecule has 1 aliphatic heterocycles. The lowest BCUT2D eigenvalue weighted by molar-refractivity contribution is 0.0743. The van der Waals surface area contributed by atoms with Crippen molar-refractivity contribution in [3.05, 3.63) is 28.4 Å². The standard InChI is InChI=1S/C15H21N5O3S/c1-4-19(7-14-17-16-10(3)23-14)12-5-20(6-13(12)21)15(22)11-8-24-18-9(11)2/h8,12-13,21H,4-7H2,1-3H3/t12?,13-/m1/s1. The molecule has 0 spiro atoms. The minimum Gasteiger partial charge on any atom is -0.424 e. The van der Waals surface area contributed by atoms with E-state index in [1.165, 1.54) is 11.5 Å². The van der Waals surface area contributed by atoms with Gasteiger partial charge in [0.05, 0.1) is 29.9 Å². The first kappa shape index (κ1) is 17.0. The average molecular weight is 351 g/mol. The minimum atomic E-state index is -0.607. The SMILES string of the molecule is CCN(Cc1nnc(C)o1)C1CN(C(=O)c2csnc2C)C[C@H]1O. The molecule has 1 unspecified atom stereocenters. The van der Waals surface area contributed by atoms with Crippen LogP contribution in [-0.2, 0) is 6.54 Å². The van der Waals surface area contributed by atoms with Crippen molar-refractivity contribution in [3.8, 4) is 0 Å². The molecule has 130 valence electrons. The number of aryl methyl sites for hydroxylation is 2. The van der Waals surface area contributed by atoms with Gasteiger partial charge in [-0.1, -0.05) is 6.92 Å². The molecule has 0 aliphatic carbocycles. The van der Waals surface area contributed by atoms with Crippen LogP contribution in [0, 0.1) is 13.8 Å². The van der Waals surface area contributed by atoms with Crippen LogP contribution in [0.5, 0.6) is 0 Å². The van der Waals surface area contributed by atoms with Crippen molar-refractivity contribution in [2.24, 2.45) is 0 Å². The first-order valence-corrected chi connectivity index (χ1v) is 8.74. The van der Waals surface area contributed by atoms with Crippen LogP contribution < -0.4 is 0 Å². The second-order valence-electron chi connectivity index (χ2n) is 5.94.